The number of carbonyl (C=O) groups is 3. The van der Waals surface area contributed by atoms with Crippen LogP contribution in [-0.4, -0.2) is 59.9 Å². The molecule has 0 radical (unpaired) electrons. The second-order valence-electron chi connectivity index (χ2n) is 6.24. The first-order chi connectivity index (χ1) is 12.3. The summed E-state index contributed by atoms with van der Waals surface area (Å²) in [6, 6.07) is 14.4. The van der Waals surface area contributed by atoms with E-state index in [0.29, 0.717) is 11.1 Å². The van der Waals surface area contributed by atoms with Gasteiger partial charge in [0.15, 0.2) is 0 Å². The van der Waals surface area contributed by atoms with Gasteiger partial charge in [0.2, 0.25) is 0 Å². The van der Waals surface area contributed by atoms with Crippen molar-refractivity contribution < 1.29 is 19.5 Å². The first kappa shape index (κ1) is 19.2. The molecule has 6 nitrogen and oxygen atoms in total. The predicted octanol–water partition coefficient (Wildman–Crippen LogP) is 2.16. The highest BCUT2D eigenvalue weighted by molar-refractivity contribution is 5.98. The quantitative estimate of drug-likeness (QED) is 0.862. The van der Waals surface area contributed by atoms with E-state index in [0.717, 1.165) is 5.56 Å². The number of carboxylic acid groups (broad SMARTS) is 1. The second kappa shape index (κ2) is 8.29. The van der Waals surface area contributed by atoms with Gasteiger partial charge in [0.25, 0.3) is 11.8 Å². The Morgan fingerprint density at radius 2 is 1.35 bits per heavy atom. The zero-order valence-electron chi connectivity index (χ0n) is 15.0. The van der Waals surface area contributed by atoms with E-state index in [1.54, 1.807) is 26.2 Å². The molecule has 2 amide bonds. The van der Waals surface area contributed by atoms with Crippen LogP contribution in [0.3, 0.4) is 0 Å². The molecule has 0 bridgehead atoms. The van der Waals surface area contributed by atoms with Crippen LogP contribution in [-0.2, 0) is 11.2 Å². The Morgan fingerprint density at radius 1 is 0.846 bits per heavy atom. The summed E-state index contributed by atoms with van der Waals surface area (Å²) in [4.78, 5) is 38.9. The van der Waals surface area contributed by atoms with E-state index in [-0.39, 0.29) is 12.3 Å². The maximum Gasteiger partial charge on any atom is 0.326 e. The third kappa shape index (κ3) is 4.47. The summed E-state index contributed by atoms with van der Waals surface area (Å²) in [6.45, 7) is 0. The van der Waals surface area contributed by atoms with Gasteiger partial charge in [-0.05, 0) is 29.8 Å². The zero-order valence-corrected chi connectivity index (χ0v) is 15.0. The van der Waals surface area contributed by atoms with Crippen LogP contribution in [0.2, 0.25) is 0 Å². The number of likely N-dealkylation sites (N-methyl/N-ethyl adjacent to an activating group) is 1. The fourth-order valence-corrected chi connectivity index (χ4v) is 2.59. The highest BCUT2D eigenvalue weighted by Crippen LogP contribution is 2.14. The third-order valence-corrected chi connectivity index (χ3v) is 4.13. The molecule has 136 valence electrons. The largest absolute Gasteiger partial charge is 0.480 e. The van der Waals surface area contributed by atoms with Gasteiger partial charge in [0.1, 0.15) is 6.04 Å². The first-order valence-corrected chi connectivity index (χ1v) is 8.17. The molecule has 0 saturated carbocycles. The molecule has 1 unspecified atom stereocenters. The number of nitrogens with zero attached hydrogens (tertiary/aromatic N) is 2. The molecule has 26 heavy (non-hydrogen) atoms. The molecule has 0 heterocycles. The topological polar surface area (TPSA) is 77.9 Å². The maximum atomic E-state index is 12.7. The van der Waals surface area contributed by atoms with Crippen molar-refractivity contribution in [2.45, 2.75) is 12.5 Å². The van der Waals surface area contributed by atoms with Crippen molar-refractivity contribution in [3.05, 3.63) is 71.3 Å². The minimum Gasteiger partial charge on any atom is -0.480 e. The summed E-state index contributed by atoms with van der Waals surface area (Å²) in [6.07, 6.45) is 0.218. The minimum absolute atomic E-state index is 0.162. The average Bonchev–Trinajstić information content (AvgIpc) is 2.65. The van der Waals surface area contributed by atoms with Crippen LogP contribution in [0.1, 0.15) is 26.3 Å². The van der Waals surface area contributed by atoms with Crippen molar-refractivity contribution in [1.29, 1.82) is 0 Å². The SMILES string of the molecule is CN(C)C(=O)c1ccc(C(=O)N(C)C(Cc2ccccc2)C(=O)O)cc1. The number of carbonyl (C=O) groups excluding carboxylic acids is 2. The summed E-state index contributed by atoms with van der Waals surface area (Å²) >= 11 is 0. The lowest BCUT2D eigenvalue weighted by atomic mass is 10.0. The number of aliphatic carboxylic acids is 1. The van der Waals surface area contributed by atoms with Crippen LogP contribution in [0.5, 0.6) is 0 Å². The smallest absolute Gasteiger partial charge is 0.326 e. The molecule has 0 aliphatic rings. The molecular weight excluding hydrogens is 332 g/mol. The molecule has 0 aromatic heterocycles. The lowest BCUT2D eigenvalue weighted by Crippen LogP contribution is -2.43. The Morgan fingerprint density at radius 3 is 1.81 bits per heavy atom. The molecule has 2 aromatic rings. The second-order valence-corrected chi connectivity index (χ2v) is 6.24. The van der Waals surface area contributed by atoms with E-state index < -0.39 is 17.9 Å². The van der Waals surface area contributed by atoms with Crippen LogP contribution in [0.25, 0.3) is 0 Å². The number of rotatable bonds is 6. The number of carboxylic acids is 1. The van der Waals surface area contributed by atoms with Crippen LogP contribution in [0.4, 0.5) is 0 Å². The van der Waals surface area contributed by atoms with Gasteiger partial charge in [-0.25, -0.2) is 4.79 Å². The van der Waals surface area contributed by atoms with E-state index in [1.807, 2.05) is 30.3 Å². The number of benzene rings is 2. The molecule has 0 spiro atoms. The maximum absolute atomic E-state index is 12.7. The van der Waals surface area contributed by atoms with E-state index in [2.05, 4.69) is 0 Å². The highest BCUT2D eigenvalue weighted by Gasteiger charge is 2.27. The van der Waals surface area contributed by atoms with E-state index >= 15 is 0 Å². The van der Waals surface area contributed by atoms with Crippen molar-refractivity contribution >= 4 is 17.8 Å². The van der Waals surface area contributed by atoms with Gasteiger partial charge in [0.05, 0.1) is 0 Å². The standard InChI is InChI=1S/C20H22N2O4/c1-21(2)18(23)15-9-11-16(12-10-15)19(24)22(3)17(20(25)26)13-14-7-5-4-6-8-14/h4-12,17H,13H2,1-3H3,(H,25,26). The highest BCUT2D eigenvalue weighted by atomic mass is 16.4. The molecule has 0 fully saturated rings. The monoisotopic (exact) mass is 354 g/mol. The summed E-state index contributed by atoms with van der Waals surface area (Å²) in [5.41, 5.74) is 1.64. The van der Waals surface area contributed by atoms with Gasteiger partial charge in [-0.15, -0.1) is 0 Å². The van der Waals surface area contributed by atoms with Crippen LogP contribution in [0.15, 0.2) is 54.6 Å². The Hall–Kier alpha value is -3.15. The summed E-state index contributed by atoms with van der Waals surface area (Å²) < 4.78 is 0. The molecule has 0 saturated heterocycles. The van der Waals surface area contributed by atoms with Crippen molar-refractivity contribution in [3.63, 3.8) is 0 Å². The van der Waals surface area contributed by atoms with Crippen LogP contribution >= 0.6 is 0 Å². The summed E-state index contributed by atoms with van der Waals surface area (Å²) in [5.74, 6) is -1.63. The Bertz CT molecular complexity index is 785. The Kier molecular flexibility index (Phi) is 6.11. The molecule has 0 aliphatic heterocycles. The van der Waals surface area contributed by atoms with Crippen molar-refractivity contribution in [3.8, 4) is 0 Å². The van der Waals surface area contributed by atoms with Crippen LogP contribution < -0.4 is 0 Å². The number of amides is 2. The van der Waals surface area contributed by atoms with Gasteiger partial charge in [-0.1, -0.05) is 30.3 Å². The molecule has 1 N–H and O–H groups in total. The lowest BCUT2D eigenvalue weighted by Gasteiger charge is -2.25. The van der Waals surface area contributed by atoms with Crippen molar-refractivity contribution in [2.75, 3.05) is 21.1 Å². The van der Waals surface area contributed by atoms with Gasteiger partial charge < -0.3 is 14.9 Å². The molecule has 2 rings (SSSR count). The van der Waals surface area contributed by atoms with Crippen molar-refractivity contribution in [2.24, 2.45) is 0 Å². The summed E-state index contributed by atoms with van der Waals surface area (Å²) in [5, 5.41) is 9.53. The van der Waals surface area contributed by atoms with Gasteiger partial charge in [-0.3, -0.25) is 9.59 Å². The van der Waals surface area contributed by atoms with E-state index in [4.69, 9.17) is 0 Å². The molecule has 1 atom stereocenters. The third-order valence-electron chi connectivity index (χ3n) is 4.13. The predicted molar refractivity (Wildman–Crippen MR) is 98.1 cm³/mol. The molecule has 6 heteroatoms. The van der Waals surface area contributed by atoms with Gasteiger partial charge in [0, 0.05) is 38.7 Å². The molecule has 2 aromatic carbocycles. The molecule has 0 aliphatic carbocycles. The lowest BCUT2D eigenvalue weighted by molar-refractivity contribution is -0.141. The van der Waals surface area contributed by atoms with Gasteiger partial charge >= 0.3 is 5.97 Å². The van der Waals surface area contributed by atoms with Crippen LogP contribution in [0, 0.1) is 0 Å². The van der Waals surface area contributed by atoms with Gasteiger partial charge in [-0.2, -0.15) is 0 Å². The first-order valence-electron chi connectivity index (χ1n) is 8.17. The normalized spacial score (nSPS) is 11.5. The zero-order chi connectivity index (χ0) is 19.3. The minimum atomic E-state index is -1.07. The molecular formula is C20H22N2O4. The fourth-order valence-electron chi connectivity index (χ4n) is 2.59. The fraction of sp³-hybridized carbons (Fsp3) is 0.250. The number of hydrogen-bond donors (Lipinski definition) is 1. The van der Waals surface area contributed by atoms with E-state index in [1.165, 1.54) is 29.0 Å². The average molecular weight is 354 g/mol. The summed E-state index contributed by atoms with van der Waals surface area (Å²) in [7, 11) is 4.77. The number of hydrogen-bond acceptors (Lipinski definition) is 3. The Balaban J connectivity index is 2.18. The van der Waals surface area contributed by atoms with E-state index in [9.17, 15) is 19.5 Å². The van der Waals surface area contributed by atoms with Crippen molar-refractivity contribution in [1.82, 2.24) is 9.80 Å². The Labute approximate surface area is 152 Å².